The number of benzene rings is 1. The van der Waals surface area contributed by atoms with E-state index in [0.717, 1.165) is 22.6 Å². The number of nitrogens with zero attached hydrogens (tertiary/aromatic N) is 2. The molecule has 2 unspecified atom stereocenters. The zero-order chi connectivity index (χ0) is 22.0. The highest BCUT2D eigenvalue weighted by molar-refractivity contribution is 5.92. The van der Waals surface area contributed by atoms with Gasteiger partial charge in [-0.05, 0) is 48.8 Å². The molecule has 2 aromatic rings. The number of carbonyl (C=O) groups excluding carboxylic acids is 2. The van der Waals surface area contributed by atoms with Crippen molar-refractivity contribution in [3.05, 3.63) is 77.5 Å². The van der Waals surface area contributed by atoms with Gasteiger partial charge in [0.2, 0.25) is 5.91 Å². The molecule has 2 amide bonds. The zero-order valence-electron chi connectivity index (χ0n) is 18.2. The fourth-order valence-corrected chi connectivity index (χ4v) is 4.20. The number of hydrogen-bond acceptors (Lipinski definition) is 4. The van der Waals surface area contributed by atoms with E-state index in [0.29, 0.717) is 32.0 Å². The molecule has 1 aromatic heterocycles. The smallest absolute Gasteiger partial charge is 0.289 e. The Balaban J connectivity index is 1.54. The van der Waals surface area contributed by atoms with Crippen molar-refractivity contribution < 1.29 is 18.7 Å². The molecule has 0 bridgehead atoms. The Hall–Kier alpha value is -3.28. The fourth-order valence-electron chi connectivity index (χ4n) is 4.20. The van der Waals surface area contributed by atoms with Crippen LogP contribution in [0.3, 0.4) is 0 Å². The van der Waals surface area contributed by atoms with Crippen LogP contribution in [-0.2, 0) is 9.53 Å². The third-order valence-corrected chi connectivity index (χ3v) is 6.15. The minimum Gasteiger partial charge on any atom is -0.496 e. The van der Waals surface area contributed by atoms with Gasteiger partial charge < -0.3 is 19.0 Å². The van der Waals surface area contributed by atoms with Crippen LogP contribution in [0.2, 0.25) is 0 Å². The SMILES string of the molecule is CC(=O)N(CC1=CC=C2OCCN(C(=O)c3ccco3)CC2C1C)c1ccc(C)cc1. The first-order valence-electron chi connectivity index (χ1n) is 10.6. The minimum atomic E-state index is -0.122. The molecule has 4 rings (SSSR count). The second kappa shape index (κ2) is 8.84. The normalized spacial score (nSPS) is 20.7. The van der Waals surface area contributed by atoms with Crippen molar-refractivity contribution in [1.82, 2.24) is 4.90 Å². The number of fused-ring (bicyclic) bond motifs is 1. The van der Waals surface area contributed by atoms with E-state index in [2.05, 4.69) is 13.0 Å². The first kappa shape index (κ1) is 21.0. The monoisotopic (exact) mass is 420 g/mol. The highest BCUT2D eigenvalue weighted by Crippen LogP contribution is 2.35. The minimum absolute atomic E-state index is 0.00142. The molecule has 1 saturated heterocycles. The molecular weight excluding hydrogens is 392 g/mol. The Labute approximate surface area is 182 Å². The van der Waals surface area contributed by atoms with Crippen molar-refractivity contribution in [3.63, 3.8) is 0 Å². The van der Waals surface area contributed by atoms with E-state index in [9.17, 15) is 9.59 Å². The third kappa shape index (κ3) is 4.43. The van der Waals surface area contributed by atoms with Crippen molar-refractivity contribution in [2.24, 2.45) is 11.8 Å². The molecule has 2 atom stereocenters. The van der Waals surface area contributed by atoms with Gasteiger partial charge in [-0.25, -0.2) is 0 Å². The summed E-state index contributed by atoms with van der Waals surface area (Å²) in [6, 6.07) is 11.4. The van der Waals surface area contributed by atoms with Crippen molar-refractivity contribution >= 4 is 17.5 Å². The quantitative estimate of drug-likeness (QED) is 0.744. The summed E-state index contributed by atoms with van der Waals surface area (Å²) in [6.45, 7) is 7.78. The van der Waals surface area contributed by atoms with Crippen molar-refractivity contribution in [2.45, 2.75) is 20.8 Å². The molecule has 0 N–H and O–H groups in total. The average Bonchev–Trinajstić information content (AvgIpc) is 3.20. The van der Waals surface area contributed by atoms with E-state index in [1.165, 1.54) is 6.26 Å². The standard InChI is InChI=1S/C25H28N2O4/c1-17-6-9-21(10-7-17)27(19(3)28)15-20-8-11-23-22(18(20)2)16-26(12-14-31-23)25(29)24-5-4-13-30-24/h4-11,13,18,22H,12,14-16H2,1-3H3. The number of allylic oxidation sites excluding steroid dienone is 2. The van der Waals surface area contributed by atoms with E-state index in [1.807, 2.05) is 37.3 Å². The van der Waals surface area contributed by atoms with Gasteiger partial charge in [0.05, 0.1) is 12.8 Å². The molecular formula is C25H28N2O4. The van der Waals surface area contributed by atoms with Crippen LogP contribution >= 0.6 is 0 Å². The van der Waals surface area contributed by atoms with Gasteiger partial charge in [-0.2, -0.15) is 0 Å². The van der Waals surface area contributed by atoms with E-state index in [1.54, 1.807) is 28.9 Å². The maximum absolute atomic E-state index is 12.8. The highest BCUT2D eigenvalue weighted by Gasteiger charge is 2.35. The lowest BCUT2D eigenvalue weighted by atomic mass is 9.81. The topological polar surface area (TPSA) is 63.0 Å². The summed E-state index contributed by atoms with van der Waals surface area (Å²) < 4.78 is 11.3. The number of hydrogen-bond donors (Lipinski definition) is 0. The van der Waals surface area contributed by atoms with Crippen LogP contribution in [0.1, 0.15) is 30.0 Å². The maximum Gasteiger partial charge on any atom is 0.289 e. The lowest BCUT2D eigenvalue weighted by Crippen LogP contribution is -2.39. The Morgan fingerprint density at radius 1 is 1.16 bits per heavy atom. The van der Waals surface area contributed by atoms with Crippen LogP contribution in [0, 0.1) is 18.8 Å². The number of ether oxygens (including phenoxy) is 1. The summed E-state index contributed by atoms with van der Waals surface area (Å²) in [6.07, 6.45) is 5.57. The first-order chi connectivity index (χ1) is 14.9. The van der Waals surface area contributed by atoms with Gasteiger partial charge in [-0.1, -0.05) is 30.7 Å². The fraction of sp³-hybridized carbons (Fsp3) is 0.360. The van der Waals surface area contributed by atoms with Crippen molar-refractivity contribution in [1.29, 1.82) is 0 Å². The second-order valence-corrected chi connectivity index (χ2v) is 8.22. The molecule has 1 fully saturated rings. The van der Waals surface area contributed by atoms with Crippen molar-refractivity contribution in [2.75, 3.05) is 31.1 Å². The maximum atomic E-state index is 12.8. The van der Waals surface area contributed by atoms with Gasteiger partial charge in [-0.15, -0.1) is 0 Å². The van der Waals surface area contributed by atoms with E-state index >= 15 is 0 Å². The molecule has 1 aliphatic heterocycles. The molecule has 2 heterocycles. The van der Waals surface area contributed by atoms with E-state index < -0.39 is 0 Å². The summed E-state index contributed by atoms with van der Waals surface area (Å²) in [4.78, 5) is 28.9. The Kier molecular flexibility index (Phi) is 5.98. The first-order valence-corrected chi connectivity index (χ1v) is 10.6. The lowest BCUT2D eigenvalue weighted by Gasteiger charge is -2.34. The zero-order valence-corrected chi connectivity index (χ0v) is 18.2. The van der Waals surface area contributed by atoms with Gasteiger partial charge in [-0.3, -0.25) is 9.59 Å². The van der Waals surface area contributed by atoms with Crippen molar-refractivity contribution in [3.8, 4) is 0 Å². The summed E-state index contributed by atoms with van der Waals surface area (Å²) in [5, 5.41) is 0. The molecule has 2 aliphatic rings. The van der Waals surface area contributed by atoms with Crippen LogP contribution in [-0.4, -0.2) is 43.0 Å². The summed E-state index contributed by atoms with van der Waals surface area (Å²) in [7, 11) is 0. The number of carbonyl (C=O) groups is 2. The molecule has 162 valence electrons. The van der Waals surface area contributed by atoms with Gasteiger partial charge in [0.25, 0.3) is 5.91 Å². The Morgan fingerprint density at radius 2 is 1.94 bits per heavy atom. The predicted octanol–water partition coefficient (Wildman–Crippen LogP) is 4.19. The van der Waals surface area contributed by atoms with Crippen LogP contribution in [0.15, 0.2) is 70.6 Å². The summed E-state index contributed by atoms with van der Waals surface area (Å²) >= 11 is 0. The molecule has 31 heavy (non-hydrogen) atoms. The third-order valence-electron chi connectivity index (χ3n) is 6.15. The number of anilines is 1. The highest BCUT2D eigenvalue weighted by atomic mass is 16.5. The summed E-state index contributed by atoms with van der Waals surface area (Å²) in [5.41, 5.74) is 3.18. The molecule has 1 aliphatic carbocycles. The van der Waals surface area contributed by atoms with Gasteiger partial charge >= 0.3 is 0 Å². The van der Waals surface area contributed by atoms with Gasteiger partial charge in [0.1, 0.15) is 12.4 Å². The van der Waals surface area contributed by atoms with Crippen LogP contribution in [0.25, 0.3) is 0 Å². The van der Waals surface area contributed by atoms with Crippen LogP contribution < -0.4 is 4.90 Å². The Bertz CT molecular complexity index is 1000. The molecule has 1 aromatic carbocycles. The van der Waals surface area contributed by atoms with Gasteiger partial charge in [0.15, 0.2) is 5.76 Å². The van der Waals surface area contributed by atoms with Crippen LogP contribution in [0.4, 0.5) is 5.69 Å². The molecule has 6 heteroatoms. The Morgan fingerprint density at radius 3 is 2.61 bits per heavy atom. The number of furan rings is 1. The second-order valence-electron chi connectivity index (χ2n) is 8.22. The molecule has 6 nitrogen and oxygen atoms in total. The number of aryl methyl sites for hydroxylation is 1. The molecule has 0 radical (unpaired) electrons. The van der Waals surface area contributed by atoms with E-state index in [-0.39, 0.29) is 23.7 Å². The van der Waals surface area contributed by atoms with Crippen LogP contribution in [0.5, 0.6) is 0 Å². The average molecular weight is 421 g/mol. The predicted molar refractivity (Wildman–Crippen MR) is 119 cm³/mol. The molecule has 0 spiro atoms. The lowest BCUT2D eigenvalue weighted by molar-refractivity contribution is -0.116. The molecule has 0 saturated carbocycles. The number of amides is 2. The van der Waals surface area contributed by atoms with E-state index in [4.69, 9.17) is 9.15 Å². The largest absolute Gasteiger partial charge is 0.496 e. The summed E-state index contributed by atoms with van der Waals surface area (Å²) in [5.74, 6) is 1.27. The number of rotatable bonds is 4. The van der Waals surface area contributed by atoms with Gasteiger partial charge in [0, 0.05) is 31.6 Å².